The minimum atomic E-state index is -0.953. The summed E-state index contributed by atoms with van der Waals surface area (Å²) in [4.78, 5) is 11.7. The van der Waals surface area contributed by atoms with Gasteiger partial charge in [0.2, 0.25) is 0 Å². The summed E-state index contributed by atoms with van der Waals surface area (Å²) >= 11 is 0. The van der Waals surface area contributed by atoms with E-state index in [2.05, 4.69) is 26.0 Å². The topological polar surface area (TPSA) is 46.5 Å². The van der Waals surface area contributed by atoms with Crippen LogP contribution in [-0.2, 0) is 23.2 Å². The van der Waals surface area contributed by atoms with Crippen molar-refractivity contribution in [3.05, 3.63) is 69.8 Å². The number of methoxy groups -OCH3 is 1. The second kappa shape index (κ2) is 5.25. The highest BCUT2D eigenvalue weighted by atomic mass is 16.5. The first kappa shape index (κ1) is 14.8. The Hall–Kier alpha value is -2.13. The fourth-order valence-corrected chi connectivity index (χ4v) is 3.42. The summed E-state index contributed by atoms with van der Waals surface area (Å²) in [5.41, 5.74) is 5.13. The predicted octanol–water partition coefficient (Wildman–Crippen LogP) is 3.08. The summed E-state index contributed by atoms with van der Waals surface area (Å²) in [6.07, 6.45) is 1.16. The maximum Gasteiger partial charge on any atom is 0.337 e. The van der Waals surface area contributed by atoms with Crippen LogP contribution in [0, 0.1) is 13.8 Å². The van der Waals surface area contributed by atoms with E-state index in [-0.39, 0.29) is 5.97 Å². The second-order valence-electron chi connectivity index (χ2n) is 6.18. The van der Waals surface area contributed by atoms with Crippen LogP contribution < -0.4 is 0 Å². The first-order chi connectivity index (χ1) is 10.4. The zero-order chi connectivity index (χ0) is 15.9. The summed E-state index contributed by atoms with van der Waals surface area (Å²) in [6.45, 7) is 4.16. The van der Waals surface area contributed by atoms with Crippen LogP contribution in [0.3, 0.4) is 0 Å². The van der Waals surface area contributed by atoms with E-state index in [1.807, 2.05) is 6.07 Å². The molecule has 2 aromatic rings. The number of carbonyl (C=O) groups is 1. The van der Waals surface area contributed by atoms with Gasteiger partial charge in [-0.15, -0.1) is 0 Å². The quantitative estimate of drug-likeness (QED) is 0.866. The van der Waals surface area contributed by atoms with Crippen LogP contribution >= 0.6 is 0 Å². The van der Waals surface area contributed by atoms with E-state index in [1.54, 1.807) is 18.2 Å². The standard InChI is InChI=1S/C19H20O3/c1-12-7-13(2)17-11-19(21,10-15(17)8-12)16-6-4-5-14(9-16)18(20)22-3/h4-9,21H,10-11H2,1-3H3. The molecule has 3 nitrogen and oxygen atoms in total. The molecule has 0 heterocycles. The Morgan fingerprint density at radius 1 is 1.18 bits per heavy atom. The number of benzene rings is 2. The Labute approximate surface area is 130 Å². The molecule has 0 spiro atoms. The van der Waals surface area contributed by atoms with Gasteiger partial charge in [-0.3, -0.25) is 0 Å². The van der Waals surface area contributed by atoms with Gasteiger partial charge < -0.3 is 9.84 Å². The maximum absolute atomic E-state index is 11.7. The third-order valence-corrected chi connectivity index (χ3v) is 4.48. The Kier molecular flexibility index (Phi) is 3.53. The van der Waals surface area contributed by atoms with E-state index >= 15 is 0 Å². The summed E-state index contributed by atoms with van der Waals surface area (Å²) in [6, 6.07) is 11.4. The van der Waals surface area contributed by atoms with Crippen molar-refractivity contribution in [1.29, 1.82) is 0 Å². The Morgan fingerprint density at radius 3 is 2.68 bits per heavy atom. The lowest BCUT2D eigenvalue weighted by molar-refractivity contribution is 0.0478. The van der Waals surface area contributed by atoms with Crippen LogP contribution in [0.5, 0.6) is 0 Å². The van der Waals surface area contributed by atoms with Gasteiger partial charge in [0.1, 0.15) is 0 Å². The molecule has 0 radical (unpaired) electrons. The highest BCUT2D eigenvalue weighted by Gasteiger charge is 2.37. The number of aliphatic hydroxyl groups is 1. The number of hydrogen-bond acceptors (Lipinski definition) is 3. The van der Waals surface area contributed by atoms with Crippen LogP contribution in [0.4, 0.5) is 0 Å². The molecule has 3 heteroatoms. The van der Waals surface area contributed by atoms with Crippen LogP contribution in [-0.4, -0.2) is 18.2 Å². The van der Waals surface area contributed by atoms with Gasteiger partial charge in [0.15, 0.2) is 0 Å². The van der Waals surface area contributed by atoms with E-state index in [0.717, 1.165) is 5.56 Å². The van der Waals surface area contributed by atoms with Gasteiger partial charge >= 0.3 is 5.97 Å². The molecule has 0 aromatic heterocycles. The Balaban J connectivity index is 2.00. The zero-order valence-corrected chi connectivity index (χ0v) is 13.1. The van der Waals surface area contributed by atoms with Gasteiger partial charge in [-0.2, -0.15) is 0 Å². The normalized spacial score (nSPS) is 19.8. The Morgan fingerprint density at radius 2 is 1.95 bits per heavy atom. The third-order valence-electron chi connectivity index (χ3n) is 4.48. The minimum absolute atomic E-state index is 0.381. The molecule has 1 unspecified atom stereocenters. The molecule has 1 atom stereocenters. The number of fused-ring (bicyclic) bond motifs is 1. The van der Waals surface area contributed by atoms with Gasteiger partial charge in [-0.25, -0.2) is 4.79 Å². The highest BCUT2D eigenvalue weighted by molar-refractivity contribution is 5.89. The lowest BCUT2D eigenvalue weighted by Gasteiger charge is -2.23. The van der Waals surface area contributed by atoms with E-state index in [4.69, 9.17) is 4.74 Å². The van der Waals surface area contributed by atoms with E-state index in [9.17, 15) is 9.90 Å². The van der Waals surface area contributed by atoms with Gasteiger partial charge in [-0.05, 0) is 48.2 Å². The molecule has 1 N–H and O–H groups in total. The molecule has 0 bridgehead atoms. The molecular formula is C19H20O3. The highest BCUT2D eigenvalue weighted by Crippen LogP contribution is 2.39. The fourth-order valence-electron chi connectivity index (χ4n) is 3.42. The summed E-state index contributed by atoms with van der Waals surface area (Å²) in [5, 5.41) is 11.1. The summed E-state index contributed by atoms with van der Waals surface area (Å²) < 4.78 is 4.76. The lowest BCUT2D eigenvalue weighted by Crippen LogP contribution is -2.26. The minimum Gasteiger partial charge on any atom is -0.465 e. The first-order valence-electron chi connectivity index (χ1n) is 7.43. The van der Waals surface area contributed by atoms with Crippen molar-refractivity contribution >= 4 is 5.97 Å². The van der Waals surface area contributed by atoms with E-state index < -0.39 is 5.60 Å². The monoisotopic (exact) mass is 296 g/mol. The van der Waals surface area contributed by atoms with Crippen LogP contribution in [0.25, 0.3) is 0 Å². The number of ether oxygens (including phenoxy) is 1. The lowest BCUT2D eigenvalue weighted by atomic mass is 9.89. The average Bonchev–Trinajstić information content (AvgIpc) is 2.85. The smallest absolute Gasteiger partial charge is 0.337 e. The summed E-state index contributed by atoms with van der Waals surface area (Å²) in [5.74, 6) is -0.381. The van der Waals surface area contributed by atoms with Crippen LogP contribution in [0.1, 0.15) is 38.2 Å². The van der Waals surface area contributed by atoms with E-state index in [0.29, 0.717) is 18.4 Å². The SMILES string of the molecule is COC(=O)c1cccc(C2(O)Cc3cc(C)cc(C)c3C2)c1. The number of esters is 1. The van der Waals surface area contributed by atoms with Crippen LogP contribution in [0.2, 0.25) is 0 Å². The van der Waals surface area contributed by atoms with E-state index in [1.165, 1.54) is 29.4 Å². The maximum atomic E-state index is 11.7. The molecule has 2 aromatic carbocycles. The van der Waals surface area contributed by atoms with Crippen molar-refractivity contribution < 1.29 is 14.6 Å². The number of rotatable bonds is 2. The molecule has 0 fully saturated rings. The van der Waals surface area contributed by atoms with Crippen molar-refractivity contribution in [2.24, 2.45) is 0 Å². The fraction of sp³-hybridized carbons (Fsp3) is 0.316. The largest absolute Gasteiger partial charge is 0.465 e. The van der Waals surface area contributed by atoms with Gasteiger partial charge in [0.05, 0.1) is 18.3 Å². The van der Waals surface area contributed by atoms with Crippen LogP contribution in [0.15, 0.2) is 36.4 Å². The third kappa shape index (κ3) is 2.42. The van der Waals surface area contributed by atoms with Crippen molar-refractivity contribution in [2.75, 3.05) is 7.11 Å². The Bertz CT molecular complexity index is 748. The number of hydrogen-bond donors (Lipinski definition) is 1. The molecule has 1 aliphatic carbocycles. The number of carbonyl (C=O) groups excluding carboxylic acids is 1. The van der Waals surface area contributed by atoms with Gasteiger partial charge in [0, 0.05) is 12.8 Å². The zero-order valence-electron chi connectivity index (χ0n) is 13.1. The molecule has 3 rings (SSSR count). The molecule has 1 aliphatic rings. The van der Waals surface area contributed by atoms with Crippen molar-refractivity contribution in [2.45, 2.75) is 32.3 Å². The van der Waals surface area contributed by atoms with Crippen molar-refractivity contribution in [3.63, 3.8) is 0 Å². The van der Waals surface area contributed by atoms with Crippen molar-refractivity contribution in [1.82, 2.24) is 0 Å². The molecular weight excluding hydrogens is 276 g/mol. The molecule has 0 saturated carbocycles. The van der Waals surface area contributed by atoms with Gasteiger partial charge in [0.25, 0.3) is 0 Å². The summed E-state index contributed by atoms with van der Waals surface area (Å²) in [7, 11) is 1.36. The van der Waals surface area contributed by atoms with Gasteiger partial charge in [-0.1, -0.05) is 29.8 Å². The molecule has 0 aliphatic heterocycles. The molecule has 0 amide bonds. The first-order valence-corrected chi connectivity index (χ1v) is 7.43. The number of aryl methyl sites for hydroxylation is 2. The predicted molar refractivity (Wildman–Crippen MR) is 85.0 cm³/mol. The average molecular weight is 296 g/mol. The molecule has 22 heavy (non-hydrogen) atoms. The molecule has 0 saturated heterocycles. The van der Waals surface area contributed by atoms with Crippen molar-refractivity contribution in [3.8, 4) is 0 Å². The second-order valence-corrected chi connectivity index (χ2v) is 6.18. The molecule has 114 valence electrons.